The van der Waals surface area contributed by atoms with E-state index in [0.29, 0.717) is 48.5 Å². The summed E-state index contributed by atoms with van der Waals surface area (Å²) in [5, 5.41) is 4.58. The van der Waals surface area contributed by atoms with Gasteiger partial charge in [0.1, 0.15) is 11.4 Å². The number of likely N-dealkylation sites (tertiary alicyclic amines) is 1. The van der Waals surface area contributed by atoms with Crippen LogP contribution < -0.4 is 4.74 Å². The molecule has 1 aromatic carbocycles. The van der Waals surface area contributed by atoms with E-state index in [-0.39, 0.29) is 29.0 Å². The van der Waals surface area contributed by atoms with Crippen molar-refractivity contribution in [3.63, 3.8) is 0 Å². The fourth-order valence-electron chi connectivity index (χ4n) is 4.53. The predicted molar refractivity (Wildman–Crippen MR) is 127 cm³/mol. The van der Waals surface area contributed by atoms with Gasteiger partial charge in [-0.25, -0.2) is 18.0 Å². The average Bonchev–Trinajstić information content (AvgIpc) is 3.16. The maximum absolute atomic E-state index is 13.1. The van der Waals surface area contributed by atoms with E-state index in [1.54, 1.807) is 28.6 Å². The number of nitrogens with zero attached hydrogens (tertiary/aromatic N) is 3. The normalized spacial score (nSPS) is 18.9. The van der Waals surface area contributed by atoms with Gasteiger partial charge < -0.3 is 19.1 Å². The second-order valence-corrected chi connectivity index (χ2v) is 11.6. The van der Waals surface area contributed by atoms with E-state index in [2.05, 4.69) is 5.10 Å². The van der Waals surface area contributed by atoms with Gasteiger partial charge in [-0.2, -0.15) is 5.10 Å². The molecule has 0 saturated carbocycles. The summed E-state index contributed by atoms with van der Waals surface area (Å²) in [6.07, 6.45) is 0.983. The average molecular weight is 506 g/mol. The minimum absolute atomic E-state index is 0.0201. The van der Waals surface area contributed by atoms with Gasteiger partial charge in [0.2, 0.25) is 0 Å². The zero-order valence-electron chi connectivity index (χ0n) is 20.7. The van der Waals surface area contributed by atoms with E-state index >= 15 is 0 Å². The van der Waals surface area contributed by atoms with Crippen molar-refractivity contribution in [3.05, 3.63) is 29.5 Å². The Morgan fingerprint density at radius 2 is 1.97 bits per heavy atom. The third kappa shape index (κ3) is 4.86. The van der Waals surface area contributed by atoms with Crippen LogP contribution in [0.25, 0.3) is 11.3 Å². The molecule has 0 bridgehead atoms. The number of aromatic nitrogens is 2. The summed E-state index contributed by atoms with van der Waals surface area (Å²) in [6, 6.07) is 4.47. The van der Waals surface area contributed by atoms with Gasteiger partial charge in [0, 0.05) is 24.2 Å². The van der Waals surface area contributed by atoms with Crippen LogP contribution in [0.5, 0.6) is 5.75 Å². The van der Waals surface area contributed by atoms with Crippen molar-refractivity contribution in [2.45, 2.75) is 62.8 Å². The Morgan fingerprint density at radius 3 is 2.63 bits per heavy atom. The van der Waals surface area contributed by atoms with E-state index < -0.39 is 27.5 Å². The molecule has 3 heterocycles. The summed E-state index contributed by atoms with van der Waals surface area (Å²) in [6.45, 7) is 8.10. The molecule has 2 aromatic rings. The summed E-state index contributed by atoms with van der Waals surface area (Å²) < 4.78 is 44.0. The van der Waals surface area contributed by atoms with Gasteiger partial charge >= 0.3 is 12.1 Å². The van der Waals surface area contributed by atoms with Crippen molar-refractivity contribution in [2.75, 3.05) is 26.8 Å². The lowest BCUT2D eigenvalue weighted by Crippen LogP contribution is -2.43. The zero-order chi connectivity index (χ0) is 25.5. The number of amides is 1. The lowest BCUT2D eigenvalue weighted by Gasteiger charge is -2.35. The number of hydrogen-bond acceptors (Lipinski definition) is 8. The molecule has 1 saturated heterocycles. The summed E-state index contributed by atoms with van der Waals surface area (Å²) in [5.41, 5.74) is 0.610. The van der Waals surface area contributed by atoms with Crippen molar-refractivity contribution in [2.24, 2.45) is 0 Å². The fraction of sp³-hybridized carbons (Fsp3) is 0.542. The minimum Gasteiger partial charge on any atom is -0.497 e. The Hall–Kier alpha value is -3.08. The molecule has 0 radical (unpaired) electrons. The number of carbonyl (C=O) groups is 2. The van der Waals surface area contributed by atoms with Crippen LogP contribution in [0.4, 0.5) is 4.79 Å². The molecule has 1 amide bonds. The number of carbonyl (C=O) groups excluding carboxylic acids is 2. The first-order valence-electron chi connectivity index (χ1n) is 11.6. The topological polar surface area (TPSA) is 117 Å². The van der Waals surface area contributed by atoms with Crippen molar-refractivity contribution in [1.29, 1.82) is 0 Å². The highest BCUT2D eigenvalue weighted by Gasteiger charge is 2.39. The summed E-state index contributed by atoms with van der Waals surface area (Å²) in [4.78, 5) is 27.3. The molecule has 11 heteroatoms. The lowest BCUT2D eigenvalue weighted by atomic mass is 10.0. The summed E-state index contributed by atoms with van der Waals surface area (Å²) in [7, 11) is -2.21. The Kier molecular flexibility index (Phi) is 6.56. The van der Waals surface area contributed by atoms with E-state index in [0.717, 1.165) is 0 Å². The van der Waals surface area contributed by atoms with Crippen molar-refractivity contribution >= 4 is 21.9 Å². The highest BCUT2D eigenvalue weighted by Crippen LogP contribution is 2.43. The van der Waals surface area contributed by atoms with Gasteiger partial charge in [-0.1, -0.05) is 0 Å². The molecule has 1 atom stereocenters. The monoisotopic (exact) mass is 505 g/mol. The molecule has 2 aliphatic rings. The number of esters is 1. The molecule has 0 spiro atoms. The largest absolute Gasteiger partial charge is 0.497 e. The second-order valence-electron chi connectivity index (χ2n) is 9.68. The van der Waals surface area contributed by atoms with Gasteiger partial charge in [0.25, 0.3) is 0 Å². The number of hydrogen-bond donors (Lipinski definition) is 0. The van der Waals surface area contributed by atoms with Crippen molar-refractivity contribution in [1.82, 2.24) is 14.7 Å². The first-order valence-corrected chi connectivity index (χ1v) is 13.3. The summed E-state index contributed by atoms with van der Waals surface area (Å²) >= 11 is 0. The SMILES string of the molecule is CCOC(=O)c1nn(C2CCCN(C(=O)OC(C)(C)C)C2)c2c1CS(=O)(=O)c1ccc(OC)cc1-2. The Morgan fingerprint density at radius 1 is 1.23 bits per heavy atom. The second kappa shape index (κ2) is 9.18. The van der Waals surface area contributed by atoms with Crippen molar-refractivity contribution < 1.29 is 32.2 Å². The maximum atomic E-state index is 13.1. The minimum atomic E-state index is -3.71. The number of benzene rings is 1. The van der Waals surface area contributed by atoms with Gasteiger partial charge in [-0.15, -0.1) is 0 Å². The van der Waals surface area contributed by atoms with Crippen LogP contribution in [-0.4, -0.2) is 67.6 Å². The number of sulfone groups is 1. The number of rotatable bonds is 4. The first-order chi connectivity index (χ1) is 16.4. The molecule has 1 aromatic heterocycles. The van der Waals surface area contributed by atoms with Crippen LogP contribution >= 0.6 is 0 Å². The standard InChI is InChI=1S/C24H31N3O7S/c1-6-33-22(28)20-18-14-35(30,31)19-10-9-16(32-5)12-17(19)21(18)27(25-20)15-8-7-11-26(13-15)23(29)34-24(2,3)4/h9-10,12,15H,6-8,11,13-14H2,1-5H3. The van der Waals surface area contributed by atoms with Crippen molar-refractivity contribution in [3.8, 4) is 17.0 Å². The highest BCUT2D eigenvalue weighted by molar-refractivity contribution is 7.90. The van der Waals surface area contributed by atoms with E-state index in [9.17, 15) is 18.0 Å². The van der Waals surface area contributed by atoms with E-state index in [1.165, 1.54) is 13.2 Å². The molecule has 1 unspecified atom stereocenters. The number of methoxy groups -OCH3 is 1. The molecule has 2 aliphatic heterocycles. The third-order valence-electron chi connectivity index (χ3n) is 5.98. The Balaban J connectivity index is 1.83. The molecular weight excluding hydrogens is 474 g/mol. The van der Waals surface area contributed by atoms with Gasteiger partial charge in [-0.05, 0) is 58.7 Å². The molecule has 10 nitrogen and oxygen atoms in total. The van der Waals surface area contributed by atoms with Gasteiger partial charge in [-0.3, -0.25) is 4.68 Å². The highest BCUT2D eigenvalue weighted by atomic mass is 32.2. The van der Waals surface area contributed by atoms with Crippen LogP contribution in [0.15, 0.2) is 23.1 Å². The zero-order valence-corrected chi connectivity index (χ0v) is 21.5. The number of ether oxygens (including phenoxy) is 3. The third-order valence-corrected chi connectivity index (χ3v) is 7.68. The smallest absolute Gasteiger partial charge is 0.410 e. The van der Waals surface area contributed by atoms with Crippen LogP contribution in [0.1, 0.15) is 62.6 Å². The Labute approximate surface area is 205 Å². The van der Waals surface area contributed by atoms with E-state index in [1.807, 2.05) is 20.8 Å². The summed E-state index contributed by atoms with van der Waals surface area (Å²) in [5.74, 6) is -0.557. The van der Waals surface area contributed by atoms with Crippen LogP contribution in [0.3, 0.4) is 0 Å². The van der Waals surface area contributed by atoms with Crippen LogP contribution in [0, 0.1) is 0 Å². The molecule has 0 N–H and O–H groups in total. The van der Waals surface area contributed by atoms with Crippen LogP contribution in [0.2, 0.25) is 0 Å². The molecule has 0 aliphatic carbocycles. The molecular formula is C24H31N3O7S. The molecule has 1 fully saturated rings. The van der Waals surface area contributed by atoms with E-state index in [4.69, 9.17) is 14.2 Å². The molecule has 35 heavy (non-hydrogen) atoms. The predicted octanol–water partition coefficient (Wildman–Crippen LogP) is 3.59. The number of piperidine rings is 1. The molecule has 190 valence electrons. The molecule has 4 rings (SSSR count). The first kappa shape index (κ1) is 25.0. The number of fused-ring (bicyclic) bond motifs is 3. The quantitative estimate of drug-likeness (QED) is 0.579. The van der Waals surface area contributed by atoms with Gasteiger partial charge in [0.15, 0.2) is 15.5 Å². The fourth-order valence-corrected chi connectivity index (χ4v) is 6.10. The van der Waals surface area contributed by atoms with Crippen LogP contribution in [-0.2, 0) is 25.1 Å². The Bertz CT molecular complexity index is 1260. The van der Waals surface area contributed by atoms with Gasteiger partial charge in [0.05, 0.1) is 36.1 Å². The lowest BCUT2D eigenvalue weighted by molar-refractivity contribution is 0.0166. The maximum Gasteiger partial charge on any atom is 0.410 e.